The minimum absolute atomic E-state index is 0.147. The number of hydrogen-bond acceptors (Lipinski definition) is 5. The minimum atomic E-state index is -0.542. The first kappa shape index (κ1) is 18.4. The van der Waals surface area contributed by atoms with Crippen LogP contribution in [0.5, 0.6) is 5.75 Å². The van der Waals surface area contributed by atoms with Gasteiger partial charge in [-0.15, -0.1) is 0 Å². The van der Waals surface area contributed by atoms with Crippen LogP contribution in [0.25, 0.3) is 0 Å². The zero-order valence-electron chi connectivity index (χ0n) is 14.3. The van der Waals surface area contributed by atoms with E-state index in [1.54, 1.807) is 6.07 Å². The molecule has 7 heteroatoms. The van der Waals surface area contributed by atoms with E-state index in [1.807, 2.05) is 42.2 Å². The highest BCUT2D eigenvalue weighted by Crippen LogP contribution is 2.28. The molecular weight excluding hydrogens is 322 g/mol. The number of carbonyl (C=O) groups is 1. The predicted molar refractivity (Wildman–Crippen MR) is 95.7 cm³/mol. The van der Waals surface area contributed by atoms with Crippen LogP contribution in [0, 0.1) is 10.1 Å². The second-order valence-corrected chi connectivity index (χ2v) is 5.48. The molecule has 0 fully saturated rings. The molecule has 7 nitrogen and oxygen atoms in total. The molecule has 0 saturated carbocycles. The van der Waals surface area contributed by atoms with Gasteiger partial charge < -0.3 is 10.1 Å². The lowest BCUT2D eigenvalue weighted by Gasteiger charge is -2.20. The number of likely N-dealkylation sites (N-methyl/N-ethyl adjacent to an activating group) is 1. The predicted octanol–water partition coefficient (Wildman–Crippen LogP) is 3.06. The highest BCUT2D eigenvalue weighted by atomic mass is 16.6. The summed E-state index contributed by atoms with van der Waals surface area (Å²) in [6, 6.07) is 14.2. The maximum atomic E-state index is 12.3. The molecule has 2 aromatic carbocycles. The third-order valence-electron chi connectivity index (χ3n) is 3.74. The molecule has 2 aromatic rings. The first-order valence-corrected chi connectivity index (χ1v) is 7.92. The fraction of sp³-hybridized carbons (Fsp3) is 0.278. The van der Waals surface area contributed by atoms with E-state index in [0.29, 0.717) is 18.8 Å². The number of nitrogens with zero attached hydrogens (tertiary/aromatic N) is 2. The molecule has 0 saturated heterocycles. The summed E-state index contributed by atoms with van der Waals surface area (Å²) >= 11 is 0. The maximum Gasteiger partial charge on any atom is 0.296 e. The van der Waals surface area contributed by atoms with E-state index in [-0.39, 0.29) is 23.8 Å². The van der Waals surface area contributed by atoms with Crippen molar-refractivity contribution >= 4 is 17.3 Å². The molecule has 0 spiro atoms. The van der Waals surface area contributed by atoms with Crippen LogP contribution in [0.3, 0.4) is 0 Å². The summed E-state index contributed by atoms with van der Waals surface area (Å²) < 4.78 is 4.99. The second-order valence-electron chi connectivity index (χ2n) is 5.48. The van der Waals surface area contributed by atoms with Crippen LogP contribution in [0.2, 0.25) is 0 Å². The van der Waals surface area contributed by atoms with Crippen molar-refractivity contribution in [3.8, 4) is 5.75 Å². The number of nitrogens with one attached hydrogen (secondary N) is 1. The zero-order valence-corrected chi connectivity index (χ0v) is 14.3. The van der Waals surface area contributed by atoms with Gasteiger partial charge in [0.15, 0.2) is 0 Å². The van der Waals surface area contributed by atoms with Crippen molar-refractivity contribution in [2.24, 2.45) is 0 Å². The molecule has 0 atom stereocenters. The van der Waals surface area contributed by atoms with Gasteiger partial charge in [-0.1, -0.05) is 37.3 Å². The van der Waals surface area contributed by atoms with Crippen molar-refractivity contribution in [1.29, 1.82) is 0 Å². The van der Waals surface area contributed by atoms with Crippen LogP contribution >= 0.6 is 0 Å². The Balaban J connectivity index is 2.04. The lowest BCUT2D eigenvalue weighted by molar-refractivity contribution is -0.384. The molecule has 0 aliphatic heterocycles. The molecule has 0 aromatic heterocycles. The van der Waals surface area contributed by atoms with E-state index in [4.69, 9.17) is 4.74 Å². The largest absolute Gasteiger partial charge is 0.496 e. The van der Waals surface area contributed by atoms with Gasteiger partial charge >= 0.3 is 0 Å². The molecular formula is C18H21N3O4. The van der Waals surface area contributed by atoms with Crippen LogP contribution in [0.1, 0.15) is 12.5 Å². The molecule has 25 heavy (non-hydrogen) atoms. The number of benzene rings is 2. The molecule has 1 amide bonds. The molecule has 132 valence electrons. The Labute approximate surface area is 146 Å². The van der Waals surface area contributed by atoms with Gasteiger partial charge in [0.1, 0.15) is 11.4 Å². The molecule has 0 unspecified atom stereocenters. The summed E-state index contributed by atoms with van der Waals surface area (Å²) in [7, 11) is 1.43. The number of rotatable bonds is 8. The van der Waals surface area contributed by atoms with Crippen molar-refractivity contribution in [2.75, 3.05) is 25.5 Å². The number of amides is 1. The van der Waals surface area contributed by atoms with E-state index in [1.165, 1.54) is 19.2 Å². The van der Waals surface area contributed by atoms with Gasteiger partial charge in [-0.3, -0.25) is 19.8 Å². The monoisotopic (exact) mass is 343 g/mol. The van der Waals surface area contributed by atoms with E-state index < -0.39 is 4.92 Å². The maximum absolute atomic E-state index is 12.3. The van der Waals surface area contributed by atoms with Crippen molar-refractivity contribution < 1.29 is 14.5 Å². The Morgan fingerprint density at radius 2 is 1.96 bits per heavy atom. The van der Waals surface area contributed by atoms with E-state index in [0.717, 1.165) is 5.56 Å². The van der Waals surface area contributed by atoms with Gasteiger partial charge in [0.05, 0.1) is 24.6 Å². The molecule has 2 rings (SSSR count). The quantitative estimate of drug-likeness (QED) is 0.588. The highest BCUT2D eigenvalue weighted by Gasteiger charge is 2.18. The standard InChI is InChI=1S/C18H21N3O4/c1-3-20(12-14-7-5-4-6-8-14)13-18(22)19-16-10-9-15(25-2)11-17(16)21(23)24/h4-11H,3,12-13H2,1-2H3,(H,19,22). The average Bonchev–Trinajstić information content (AvgIpc) is 2.62. The molecule has 0 heterocycles. The van der Waals surface area contributed by atoms with Gasteiger partial charge in [-0.25, -0.2) is 0 Å². The van der Waals surface area contributed by atoms with E-state index in [9.17, 15) is 14.9 Å². The van der Waals surface area contributed by atoms with E-state index >= 15 is 0 Å². The average molecular weight is 343 g/mol. The number of nitro groups is 1. The molecule has 0 radical (unpaired) electrons. The van der Waals surface area contributed by atoms with Gasteiger partial charge in [0, 0.05) is 6.54 Å². The summed E-state index contributed by atoms with van der Waals surface area (Å²) in [5.74, 6) is 0.0648. The van der Waals surface area contributed by atoms with Crippen LogP contribution in [0.15, 0.2) is 48.5 Å². The van der Waals surface area contributed by atoms with Gasteiger partial charge in [0.25, 0.3) is 5.69 Å². The van der Waals surface area contributed by atoms with Crippen LogP contribution < -0.4 is 10.1 Å². The fourth-order valence-electron chi connectivity index (χ4n) is 2.41. The van der Waals surface area contributed by atoms with Crippen LogP contribution in [-0.2, 0) is 11.3 Å². The van der Waals surface area contributed by atoms with E-state index in [2.05, 4.69) is 5.32 Å². The summed E-state index contributed by atoms with van der Waals surface area (Å²) in [6.45, 7) is 3.43. The number of nitro benzene ring substituents is 1. The summed E-state index contributed by atoms with van der Waals surface area (Å²) in [5, 5.41) is 13.8. The first-order valence-electron chi connectivity index (χ1n) is 7.92. The summed E-state index contributed by atoms with van der Waals surface area (Å²) in [6.07, 6.45) is 0. The Morgan fingerprint density at radius 1 is 1.24 bits per heavy atom. The Morgan fingerprint density at radius 3 is 2.56 bits per heavy atom. The Kier molecular flexibility index (Phi) is 6.47. The van der Waals surface area contributed by atoms with Crippen molar-refractivity contribution in [3.05, 3.63) is 64.2 Å². The van der Waals surface area contributed by atoms with Gasteiger partial charge in [0.2, 0.25) is 5.91 Å². The third kappa shape index (κ3) is 5.29. The van der Waals surface area contributed by atoms with Crippen LogP contribution in [-0.4, -0.2) is 35.9 Å². The molecule has 1 N–H and O–H groups in total. The lowest BCUT2D eigenvalue weighted by atomic mass is 10.2. The normalized spacial score (nSPS) is 10.5. The number of anilines is 1. The molecule has 0 aliphatic rings. The second kappa shape index (κ2) is 8.79. The van der Waals surface area contributed by atoms with Gasteiger partial charge in [-0.2, -0.15) is 0 Å². The third-order valence-corrected chi connectivity index (χ3v) is 3.74. The number of ether oxygens (including phenoxy) is 1. The highest BCUT2D eigenvalue weighted by molar-refractivity contribution is 5.94. The number of carbonyl (C=O) groups excluding carboxylic acids is 1. The smallest absolute Gasteiger partial charge is 0.296 e. The minimum Gasteiger partial charge on any atom is -0.496 e. The topological polar surface area (TPSA) is 84.7 Å². The van der Waals surface area contributed by atoms with Crippen molar-refractivity contribution in [3.63, 3.8) is 0 Å². The SMILES string of the molecule is CCN(CC(=O)Nc1ccc(OC)cc1[N+](=O)[O-])Cc1ccccc1. The summed E-state index contributed by atoms with van der Waals surface area (Å²) in [5.41, 5.74) is 1.07. The zero-order chi connectivity index (χ0) is 18.2. The summed E-state index contributed by atoms with van der Waals surface area (Å²) in [4.78, 5) is 24.9. The Bertz CT molecular complexity index is 734. The van der Waals surface area contributed by atoms with Crippen molar-refractivity contribution in [2.45, 2.75) is 13.5 Å². The number of hydrogen-bond donors (Lipinski definition) is 1. The fourth-order valence-corrected chi connectivity index (χ4v) is 2.41. The van der Waals surface area contributed by atoms with Crippen molar-refractivity contribution in [1.82, 2.24) is 4.90 Å². The molecule has 0 aliphatic carbocycles. The van der Waals surface area contributed by atoms with Crippen LogP contribution in [0.4, 0.5) is 11.4 Å². The lowest BCUT2D eigenvalue weighted by Crippen LogP contribution is -2.32. The molecule has 0 bridgehead atoms. The first-order chi connectivity index (χ1) is 12.0. The Hall–Kier alpha value is -2.93. The number of methoxy groups -OCH3 is 1. The van der Waals surface area contributed by atoms with Gasteiger partial charge in [-0.05, 0) is 24.2 Å².